The molecule has 0 bridgehead atoms. The third-order valence-corrected chi connectivity index (χ3v) is 7.93. The standard InChI is InChI=1S/C36H52N4/c1-9-29-17-15-18-30(10-2)35(29)39-27(7)23-25(5)37-33-21-13-14-22-34(33)38-26(6)24-28(8)40-36-31(11-3)19-16-20-32(36)12-4/h15-20,23-24,33-34,39-40H,9-14,21-22H2,1-8H3/b27-23-,28-24-,37-25?,38-26?/t33-,34-/m0/s1. The van der Waals surface area contributed by atoms with Crippen molar-refractivity contribution < 1.29 is 0 Å². The second-order valence-corrected chi connectivity index (χ2v) is 11.2. The fraction of sp³-hybridized carbons (Fsp3) is 0.500. The van der Waals surface area contributed by atoms with E-state index in [1.54, 1.807) is 0 Å². The average molecular weight is 541 g/mol. The maximum atomic E-state index is 5.19. The average Bonchev–Trinajstić information content (AvgIpc) is 2.94. The molecule has 216 valence electrons. The molecule has 0 radical (unpaired) electrons. The van der Waals surface area contributed by atoms with E-state index in [4.69, 9.17) is 9.98 Å². The van der Waals surface area contributed by atoms with Crippen LogP contribution in [0.5, 0.6) is 0 Å². The lowest BCUT2D eigenvalue weighted by atomic mass is 9.91. The van der Waals surface area contributed by atoms with Gasteiger partial charge in [-0.25, -0.2) is 0 Å². The van der Waals surface area contributed by atoms with Crippen LogP contribution in [0.4, 0.5) is 11.4 Å². The van der Waals surface area contributed by atoms with E-state index in [1.807, 2.05) is 0 Å². The first-order chi connectivity index (χ1) is 19.3. The Hall–Kier alpha value is -3.14. The van der Waals surface area contributed by atoms with Gasteiger partial charge in [-0.3, -0.25) is 9.98 Å². The van der Waals surface area contributed by atoms with Crippen molar-refractivity contribution in [1.29, 1.82) is 0 Å². The van der Waals surface area contributed by atoms with Crippen LogP contribution in [-0.4, -0.2) is 23.5 Å². The van der Waals surface area contributed by atoms with Crippen molar-refractivity contribution in [3.63, 3.8) is 0 Å². The molecule has 0 amide bonds. The normalized spacial score (nSPS) is 19.1. The van der Waals surface area contributed by atoms with Crippen LogP contribution in [0.15, 0.2) is 69.9 Å². The van der Waals surface area contributed by atoms with E-state index in [-0.39, 0.29) is 12.1 Å². The van der Waals surface area contributed by atoms with Gasteiger partial charge >= 0.3 is 0 Å². The van der Waals surface area contributed by atoms with Gasteiger partial charge in [0.2, 0.25) is 0 Å². The number of hydrogen-bond donors (Lipinski definition) is 2. The molecule has 2 atom stereocenters. The summed E-state index contributed by atoms with van der Waals surface area (Å²) in [6, 6.07) is 13.7. The molecule has 0 unspecified atom stereocenters. The minimum absolute atomic E-state index is 0.232. The maximum absolute atomic E-state index is 5.19. The molecule has 2 aromatic rings. The topological polar surface area (TPSA) is 48.8 Å². The zero-order chi connectivity index (χ0) is 29.1. The molecule has 2 aromatic carbocycles. The number of rotatable bonds is 12. The van der Waals surface area contributed by atoms with E-state index in [0.29, 0.717) is 0 Å². The van der Waals surface area contributed by atoms with Gasteiger partial charge in [-0.05, 0) is 101 Å². The lowest BCUT2D eigenvalue weighted by Gasteiger charge is -2.26. The van der Waals surface area contributed by atoms with Gasteiger partial charge in [0.25, 0.3) is 0 Å². The van der Waals surface area contributed by atoms with Crippen molar-refractivity contribution >= 4 is 22.8 Å². The SMILES string of the molecule is CCc1cccc(CC)c1N/C(C)=C\C(C)=N[C@H]1CCCC[C@@H]1N=C(C)/C=C(/C)Nc1c(CC)cccc1CC. The smallest absolute Gasteiger partial charge is 0.0726 e. The Balaban J connectivity index is 1.75. The Morgan fingerprint density at radius 2 is 0.950 bits per heavy atom. The molecule has 3 rings (SSSR count). The van der Waals surface area contributed by atoms with Gasteiger partial charge in [-0.15, -0.1) is 0 Å². The molecule has 1 aliphatic rings. The number of allylic oxidation sites excluding steroid dienone is 4. The van der Waals surface area contributed by atoms with Gasteiger partial charge in [0.15, 0.2) is 0 Å². The van der Waals surface area contributed by atoms with Crippen LogP contribution >= 0.6 is 0 Å². The van der Waals surface area contributed by atoms with Gasteiger partial charge in [0.1, 0.15) is 0 Å². The predicted molar refractivity (Wildman–Crippen MR) is 177 cm³/mol. The van der Waals surface area contributed by atoms with Crippen LogP contribution in [0.1, 0.15) is 103 Å². The van der Waals surface area contributed by atoms with Gasteiger partial charge in [-0.1, -0.05) is 76.9 Å². The summed E-state index contributed by atoms with van der Waals surface area (Å²) in [6.45, 7) is 17.4. The van der Waals surface area contributed by atoms with Crippen LogP contribution in [0.3, 0.4) is 0 Å². The zero-order valence-electron chi connectivity index (χ0n) is 26.3. The van der Waals surface area contributed by atoms with Gasteiger partial charge in [-0.2, -0.15) is 0 Å². The molecule has 0 saturated heterocycles. The molecule has 1 aliphatic carbocycles. The van der Waals surface area contributed by atoms with Crippen molar-refractivity contribution in [2.24, 2.45) is 9.98 Å². The highest BCUT2D eigenvalue weighted by Gasteiger charge is 2.24. The summed E-state index contributed by atoms with van der Waals surface area (Å²) in [7, 11) is 0. The molecule has 1 saturated carbocycles. The third kappa shape index (κ3) is 8.68. The summed E-state index contributed by atoms with van der Waals surface area (Å²) in [5.41, 5.74) is 12.4. The largest absolute Gasteiger partial charge is 0.359 e. The van der Waals surface area contributed by atoms with Crippen LogP contribution in [0, 0.1) is 0 Å². The first-order valence-corrected chi connectivity index (χ1v) is 15.5. The quantitative estimate of drug-likeness (QED) is 0.263. The molecule has 0 aromatic heterocycles. The molecule has 0 heterocycles. The summed E-state index contributed by atoms with van der Waals surface area (Å²) in [5.74, 6) is 0. The minimum Gasteiger partial charge on any atom is -0.359 e. The third-order valence-electron chi connectivity index (χ3n) is 7.93. The minimum atomic E-state index is 0.232. The van der Waals surface area contributed by atoms with E-state index in [0.717, 1.165) is 61.3 Å². The number of nitrogens with zero attached hydrogens (tertiary/aromatic N) is 2. The number of nitrogens with one attached hydrogen (secondary N) is 2. The summed E-state index contributed by atoms with van der Waals surface area (Å²) in [4.78, 5) is 10.4. The van der Waals surface area contributed by atoms with E-state index in [9.17, 15) is 0 Å². The van der Waals surface area contributed by atoms with Gasteiger partial charge in [0.05, 0.1) is 12.1 Å². The van der Waals surface area contributed by atoms with E-state index in [1.165, 1.54) is 46.5 Å². The number of para-hydroxylation sites is 2. The summed E-state index contributed by atoms with van der Waals surface area (Å²) in [5, 5.41) is 7.38. The first kappa shape index (κ1) is 31.4. The molecule has 2 N–H and O–H groups in total. The first-order valence-electron chi connectivity index (χ1n) is 15.5. The van der Waals surface area contributed by atoms with E-state index >= 15 is 0 Å². The number of aliphatic imine (C=N–C) groups is 2. The Labute approximate surface area is 244 Å². The highest BCUT2D eigenvalue weighted by molar-refractivity contribution is 5.95. The second kappa shape index (κ2) is 15.6. The molecule has 1 fully saturated rings. The summed E-state index contributed by atoms with van der Waals surface area (Å²) >= 11 is 0. The highest BCUT2D eigenvalue weighted by atomic mass is 14.9. The fourth-order valence-electron chi connectivity index (χ4n) is 5.89. The molecule has 0 spiro atoms. The Bertz CT molecular complexity index is 1110. The number of aryl methyl sites for hydroxylation is 4. The second-order valence-electron chi connectivity index (χ2n) is 11.2. The summed E-state index contributed by atoms with van der Waals surface area (Å²) in [6.07, 6.45) is 13.1. The Morgan fingerprint density at radius 1 is 0.625 bits per heavy atom. The van der Waals surface area contributed by atoms with E-state index < -0.39 is 0 Å². The maximum Gasteiger partial charge on any atom is 0.0726 e. The van der Waals surface area contributed by atoms with Crippen LogP contribution in [0.25, 0.3) is 0 Å². The van der Waals surface area contributed by atoms with Crippen molar-refractivity contribution in [3.05, 3.63) is 82.2 Å². The fourth-order valence-corrected chi connectivity index (χ4v) is 5.89. The van der Waals surface area contributed by atoms with Crippen LogP contribution in [0.2, 0.25) is 0 Å². The molecular weight excluding hydrogens is 488 g/mol. The molecule has 4 nitrogen and oxygen atoms in total. The zero-order valence-corrected chi connectivity index (χ0v) is 26.3. The predicted octanol–water partition coefficient (Wildman–Crippen LogP) is 9.50. The van der Waals surface area contributed by atoms with Gasteiger partial charge in [0, 0.05) is 34.2 Å². The molecule has 4 heteroatoms. The monoisotopic (exact) mass is 540 g/mol. The molecule has 0 aliphatic heterocycles. The van der Waals surface area contributed by atoms with Crippen molar-refractivity contribution in [3.8, 4) is 0 Å². The number of benzene rings is 2. The lowest BCUT2D eigenvalue weighted by Crippen LogP contribution is -2.28. The van der Waals surface area contributed by atoms with E-state index in [2.05, 4.69) is 115 Å². The van der Waals surface area contributed by atoms with Crippen molar-refractivity contribution in [1.82, 2.24) is 0 Å². The lowest BCUT2D eigenvalue weighted by molar-refractivity contribution is 0.388. The molecule has 40 heavy (non-hydrogen) atoms. The van der Waals surface area contributed by atoms with Crippen molar-refractivity contribution in [2.45, 2.75) is 119 Å². The Kier molecular flexibility index (Phi) is 12.2. The summed E-state index contributed by atoms with van der Waals surface area (Å²) < 4.78 is 0. The Morgan fingerprint density at radius 3 is 1.25 bits per heavy atom. The van der Waals surface area contributed by atoms with Crippen LogP contribution < -0.4 is 10.6 Å². The molecular formula is C36H52N4. The van der Waals surface area contributed by atoms with Crippen LogP contribution in [-0.2, 0) is 25.7 Å². The van der Waals surface area contributed by atoms with Crippen molar-refractivity contribution in [2.75, 3.05) is 10.6 Å². The highest BCUT2D eigenvalue weighted by Crippen LogP contribution is 2.27. The number of hydrogen-bond acceptors (Lipinski definition) is 4. The van der Waals surface area contributed by atoms with Gasteiger partial charge < -0.3 is 10.6 Å². The number of anilines is 2.